The monoisotopic (exact) mass is 308 g/mol. The minimum Gasteiger partial charge on any atom is -0.386 e. The fraction of sp³-hybridized carbons (Fsp3) is 0.889. The normalized spacial score (nSPS) is 62.2. The Morgan fingerprint density at radius 3 is 2.55 bits per heavy atom. The molecule has 1 saturated heterocycles. The van der Waals surface area contributed by atoms with Crippen molar-refractivity contribution in [3.63, 3.8) is 0 Å². The molecule has 4 fully saturated rings. The van der Waals surface area contributed by atoms with Gasteiger partial charge in [0, 0.05) is 16.7 Å². The highest BCUT2D eigenvalue weighted by Gasteiger charge is 2.91. The highest BCUT2D eigenvalue weighted by molar-refractivity contribution is 5.41. The van der Waals surface area contributed by atoms with Crippen LogP contribution in [0.3, 0.4) is 0 Å². The molecule has 0 radical (unpaired) electrons. The van der Waals surface area contributed by atoms with Gasteiger partial charge in [0.05, 0.1) is 19.3 Å². The Morgan fingerprint density at radius 2 is 1.86 bits per heavy atom. The molecule has 4 heteroatoms. The van der Waals surface area contributed by atoms with Gasteiger partial charge in [0.25, 0.3) is 0 Å². The second-order valence-electron chi connectivity index (χ2n) is 8.49. The summed E-state index contributed by atoms with van der Waals surface area (Å²) in [6.07, 6.45) is 4.55. The molecule has 7 atom stereocenters. The van der Waals surface area contributed by atoms with Gasteiger partial charge in [0.1, 0.15) is 16.8 Å². The van der Waals surface area contributed by atoms with Gasteiger partial charge < -0.3 is 19.7 Å². The predicted octanol–water partition coefficient (Wildman–Crippen LogP) is 2.04. The molecule has 0 aromatic carbocycles. The van der Waals surface area contributed by atoms with E-state index in [0.717, 1.165) is 12.8 Å². The molecule has 124 valence electrons. The van der Waals surface area contributed by atoms with Crippen molar-refractivity contribution in [2.75, 3.05) is 13.2 Å². The lowest BCUT2D eigenvalue weighted by Crippen LogP contribution is -2.69. The van der Waals surface area contributed by atoms with Crippen LogP contribution in [0.2, 0.25) is 0 Å². The summed E-state index contributed by atoms with van der Waals surface area (Å²) in [4.78, 5) is 0. The van der Waals surface area contributed by atoms with Crippen LogP contribution >= 0.6 is 0 Å². The number of hydrogen-bond acceptors (Lipinski definition) is 4. The molecule has 1 aliphatic heterocycles. The predicted molar refractivity (Wildman–Crippen MR) is 82.4 cm³/mol. The van der Waals surface area contributed by atoms with E-state index >= 15 is 0 Å². The van der Waals surface area contributed by atoms with Gasteiger partial charge in [0.2, 0.25) is 0 Å². The van der Waals surface area contributed by atoms with Crippen LogP contribution in [-0.2, 0) is 9.47 Å². The Hall–Kier alpha value is -0.420. The fourth-order valence-electron chi connectivity index (χ4n) is 6.85. The lowest BCUT2D eigenvalue weighted by Gasteiger charge is -2.54. The number of fused-ring (bicyclic) bond motifs is 3. The summed E-state index contributed by atoms with van der Waals surface area (Å²) in [7, 11) is 0. The molecule has 4 aliphatic rings. The molecule has 2 N–H and O–H groups in total. The van der Waals surface area contributed by atoms with Crippen molar-refractivity contribution in [2.24, 2.45) is 16.7 Å². The van der Waals surface area contributed by atoms with Crippen LogP contribution < -0.4 is 0 Å². The average molecular weight is 308 g/mol. The first-order valence-corrected chi connectivity index (χ1v) is 8.55. The van der Waals surface area contributed by atoms with E-state index < -0.39 is 16.8 Å². The summed E-state index contributed by atoms with van der Waals surface area (Å²) < 4.78 is 12.4. The van der Waals surface area contributed by atoms with Crippen molar-refractivity contribution in [1.29, 1.82) is 0 Å². The topological polar surface area (TPSA) is 58.9 Å². The van der Waals surface area contributed by atoms with E-state index in [1.165, 1.54) is 0 Å². The van der Waals surface area contributed by atoms with Crippen LogP contribution in [0.15, 0.2) is 12.7 Å². The zero-order valence-corrected chi connectivity index (χ0v) is 13.9. The van der Waals surface area contributed by atoms with Gasteiger partial charge in [-0.3, -0.25) is 0 Å². The van der Waals surface area contributed by atoms with Crippen molar-refractivity contribution >= 4 is 0 Å². The molecule has 1 spiro atoms. The van der Waals surface area contributed by atoms with E-state index in [9.17, 15) is 10.2 Å². The second kappa shape index (κ2) is 3.97. The zero-order chi connectivity index (χ0) is 16.0. The SMILES string of the molecule is C=CCO[C@@H]1[C@]2(C)CC[C@@]1(O)[C@]13OC[C@@H](C)[C@@]1(O)CC[C@@]32C. The first-order chi connectivity index (χ1) is 10.2. The first kappa shape index (κ1) is 15.1. The van der Waals surface area contributed by atoms with E-state index in [0.29, 0.717) is 26.1 Å². The van der Waals surface area contributed by atoms with E-state index in [1.54, 1.807) is 6.08 Å². The largest absolute Gasteiger partial charge is 0.386 e. The third kappa shape index (κ3) is 1.12. The molecule has 0 unspecified atom stereocenters. The summed E-state index contributed by atoms with van der Waals surface area (Å²) in [5, 5.41) is 23.2. The molecular weight excluding hydrogens is 280 g/mol. The molecule has 0 aromatic rings. The molecule has 3 saturated carbocycles. The van der Waals surface area contributed by atoms with Gasteiger partial charge in [-0.2, -0.15) is 0 Å². The van der Waals surface area contributed by atoms with Gasteiger partial charge in [-0.05, 0) is 25.7 Å². The van der Waals surface area contributed by atoms with Crippen LogP contribution in [-0.4, -0.2) is 46.3 Å². The van der Waals surface area contributed by atoms with Crippen LogP contribution in [0, 0.1) is 16.7 Å². The number of rotatable bonds is 3. The minimum absolute atomic E-state index is 0.0429. The molecule has 0 amide bonds. The van der Waals surface area contributed by atoms with Crippen molar-refractivity contribution < 1.29 is 19.7 Å². The second-order valence-corrected chi connectivity index (χ2v) is 8.49. The van der Waals surface area contributed by atoms with Crippen molar-refractivity contribution in [3.05, 3.63) is 12.7 Å². The van der Waals surface area contributed by atoms with Gasteiger partial charge >= 0.3 is 0 Å². The van der Waals surface area contributed by atoms with E-state index in [-0.39, 0.29) is 22.9 Å². The standard InChI is InChI=1S/C18H28O4/c1-5-10-21-13-14(3)6-8-17(13,20)18-15(14,4)7-9-16(18,19)12(2)11-22-18/h5,12-13,19-20H,1,6-11H2,2-4H3/t12-,13-,14+,15-,16+,17+,18-/m1/s1. The maximum atomic E-state index is 11.7. The highest BCUT2D eigenvalue weighted by Crippen LogP contribution is 2.81. The Bertz CT molecular complexity index is 535. The highest BCUT2D eigenvalue weighted by atomic mass is 16.6. The van der Waals surface area contributed by atoms with Gasteiger partial charge in [0.15, 0.2) is 0 Å². The third-order valence-electron chi connectivity index (χ3n) is 8.05. The molecule has 0 aromatic heterocycles. The molecule has 4 nitrogen and oxygen atoms in total. The van der Waals surface area contributed by atoms with Crippen LogP contribution in [0.25, 0.3) is 0 Å². The fourth-order valence-corrected chi connectivity index (χ4v) is 6.85. The van der Waals surface area contributed by atoms with Crippen molar-refractivity contribution in [3.8, 4) is 0 Å². The van der Waals surface area contributed by atoms with Gasteiger partial charge in [-0.15, -0.1) is 6.58 Å². The number of hydrogen-bond donors (Lipinski definition) is 2. The Kier molecular flexibility index (Phi) is 2.73. The van der Waals surface area contributed by atoms with Gasteiger partial charge in [-0.1, -0.05) is 26.8 Å². The summed E-state index contributed by atoms with van der Waals surface area (Å²) in [5.41, 5.74) is -3.41. The summed E-state index contributed by atoms with van der Waals surface area (Å²) in [5.74, 6) is 0.0429. The molecule has 4 rings (SSSR count). The van der Waals surface area contributed by atoms with E-state index in [2.05, 4.69) is 20.4 Å². The van der Waals surface area contributed by atoms with Crippen molar-refractivity contribution in [1.82, 2.24) is 0 Å². The molecule has 3 aliphatic carbocycles. The molecule has 1 heterocycles. The van der Waals surface area contributed by atoms with Crippen LogP contribution in [0.4, 0.5) is 0 Å². The van der Waals surface area contributed by atoms with Crippen molar-refractivity contribution in [2.45, 2.75) is 69.4 Å². The maximum Gasteiger partial charge on any atom is 0.134 e. The third-order valence-corrected chi connectivity index (χ3v) is 8.05. The first-order valence-electron chi connectivity index (χ1n) is 8.55. The number of aliphatic hydroxyl groups is 2. The quantitative estimate of drug-likeness (QED) is 0.783. The Morgan fingerprint density at radius 1 is 1.18 bits per heavy atom. The summed E-state index contributed by atoms with van der Waals surface area (Å²) in [6.45, 7) is 11.1. The van der Waals surface area contributed by atoms with Crippen LogP contribution in [0.5, 0.6) is 0 Å². The van der Waals surface area contributed by atoms with E-state index in [1.807, 2.05) is 6.92 Å². The smallest absolute Gasteiger partial charge is 0.134 e. The van der Waals surface area contributed by atoms with Gasteiger partial charge in [-0.25, -0.2) is 0 Å². The summed E-state index contributed by atoms with van der Waals surface area (Å²) in [6, 6.07) is 0. The van der Waals surface area contributed by atoms with Crippen LogP contribution in [0.1, 0.15) is 46.5 Å². The summed E-state index contributed by atoms with van der Waals surface area (Å²) >= 11 is 0. The number of ether oxygens (including phenoxy) is 2. The average Bonchev–Trinajstić information content (AvgIpc) is 3.03. The Labute approximate surface area is 132 Å². The maximum absolute atomic E-state index is 11.7. The zero-order valence-electron chi connectivity index (χ0n) is 13.9. The lowest BCUT2D eigenvalue weighted by atomic mass is 9.56. The molecule has 22 heavy (non-hydrogen) atoms. The Balaban J connectivity index is 1.91. The minimum atomic E-state index is -1.12. The molecule has 2 bridgehead atoms. The molecular formula is C18H28O4. The lowest BCUT2D eigenvalue weighted by molar-refractivity contribution is -0.256. The van der Waals surface area contributed by atoms with E-state index in [4.69, 9.17) is 9.47 Å².